The van der Waals surface area contributed by atoms with Crippen molar-refractivity contribution in [1.29, 1.82) is 0 Å². The first-order chi connectivity index (χ1) is 18.1. The maximum Gasteiger partial charge on any atom is 0.224 e. The van der Waals surface area contributed by atoms with Gasteiger partial charge in [-0.25, -0.2) is 0 Å². The first-order valence-electron chi connectivity index (χ1n) is 14.8. The van der Waals surface area contributed by atoms with E-state index >= 15 is 0 Å². The molecule has 2 aliphatic carbocycles. The molecule has 200 valence electrons. The van der Waals surface area contributed by atoms with Crippen molar-refractivity contribution in [1.82, 2.24) is 15.2 Å². The molecule has 2 aliphatic rings. The van der Waals surface area contributed by atoms with E-state index in [9.17, 15) is 9.59 Å². The summed E-state index contributed by atoms with van der Waals surface area (Å²) >= 11 is 0. The predicted molar refractivity (Wildman–Crippen MR) is 148 cm³/mol. The average molecular weight is 505 g/mol. The lowest BCUT2D eigenvalue weighted by atomic mass is 9.87. The Morgan fingerprint density at radius 2 is 1.46 bits per heavy atom. The molecule has 0 saturated heterocycles. The van der Waals surface area contributed by atoms with Gasteiger partial charge in [-0.3, -0.25) is 14.6 Å². The van der Waals surface area contributed by atoms with E-state index in [4.69, 9.17) is 0 Å². The van der Waals surface area contributed by atoms with Crippen LogP contribution in [0.4, 0.5) is 5.69 Å². The average Bonchev–Trinajstić information content (AvgIpc) is 2.88. The van der Waals surface area contributed by atoms with Gasteiger partial charge in [-0.15, -0.1) is 5.10 Å². The molecule has 1 amide bonds. The first kappa shape index (κ1) is 27.4. The van der Waals surface area contributed by atoms with E-state index in [1.807, 2.05) is 12.1 Å². The van der Waals surface area contributed by atoms with Gasteiger partial charge in [-0.1, -0.05) is 57.8 Å². The summed E-state index contributed by atoms with van der Waals surface area (Å²) in [4.78, 5) is 29.9. The van der Waals surface area contributed by atoms with Gasteiger partial charge in [-0.05, 0) is 75.1 Å². The van der Waals surface area contributed by atoms with Crippen LogP contribution in [0.5, 0.6) is 0 Å². The van der Waals surface area contributed by atoms with Crippen molar-refractivity contribution in [3.8, 4) is 11.4 Å². The number of aromatic nitrogens is 3. The Hall–Kier alpha value is -2.63. The van der Waals surface area contributed by atoms with E-state index in [0.717, 1.165) is 55.6 Å². The van der Waals surface area contributed by atoms with Crippen LogP contribution in [-0.2, 0) is 22.4 Å². The van der Waals surface area contributed by atoms with E-state index in [2.05, 4.69) is 27.4 Å². The molecule has 1 fully saturated rings. The smallest absolute Gasteiger partial charge is 0.224 e. The molecule has 0 aromatic carbocycles. The first-order valence-corrected chi connectivity index (χ1v) is 14.8. The minimum Gasteiger partial charge on any atom is -0.325 e. The highest BCUT2D eigenvalue weighted by atomic mass is 16.1. The molecule has 0 radical (unpaired) electrons. The molecule has 0 aliphatic heterocycles. The number of ketones is 1. The van der Waals surface area contributed by atoms with Crippen LogP contribution in [0.15, 0.2) is 18.3 Å². The minimum atomic E-state index is -0.0615. The number of carbonyl (C=O) groups excluding carboxylic acids is 2. The lowest BCUT2D eigenvalue weighted by Gasteiger charge is -2.18. The molecular weight excluding hydrogens is 460 g/mol. The fraction of sp³-hybridized carbons (Fsp3) is 0.645. The number of amides is 1. The third-order valence-corrected chi connectivity index (χ3v) is 8.17. The van der Waals surface area contributed by atoms with Crippen molar-refractivity contribution in [3.63, 3.8) is 0 Å². The zero-order valence-electron chi connectivity index (χ0n) is 22.7. The standard InChI is InChI=1S/C31H44N4O2/c1-23-26-16-11-7-8-12-17-27(26)31(35-34-23)28-21-20-25(22-32-28)33-30(37)19-13-18-29(36)24-14-9-5-3-2-4-6-10-15-24/h20-22,24H,2-19H2,1H3,(H,33,37). The molecule has 0 unspecified atom stereocenters. The Kier molecular flexibility index (Phi) is 10.6. The van der Waals surface area contributed by atoms with Crippen LogP contribution >= 0.6 is 0 Å². The maximum absolute atomic E-state index is 12.8. The number of fused-ring (bicyclic) bond motifs is 1. The third kappa shape index (κ3) is 8.18. The van der Waals surface area contributed by atoms with Gasteiger partial charge in [0.2, 0.25) is 5.91 Å². The van der Waals surface area contributed by atoms with Gasteiger partial charge in [0.1, 0.15) is 11.5 Å². The highest BCUT2D eigenvalue weighted by Gasteiger charge is 2.20. The van der Waals surface area contributed by atoms with Crippen LogP contribution < -0.4 is 5.32 Å². The lowest BCUT2D eigenvalue weighted by Crippen LogP contribution is -2.17. The van der Waals surface area contributed by atoms with Crippen LogP contribution in [0.3, 0.4) is 0 Å². The number of anilines is 1. The Bertz CT molecular complexity index is 1020. The number of hydrogen-bond acceptors (Lipinski definition) is 5. The fourth-order valence-corrected chi connectivity index (χ4v) is 5.96. The maximum atomic E-state index is 12.8. The van der Waals surface area contributed by atoms with Crippen molar-refractivity contribution in [3.05, 3.63) is 35.2 Å². The van der Waals surface area contributed by atoms with Gasteiger partial charge < -0.3 is 5.32 Å². The largest absolute Gasteiger partial charge is 0.325 e. The number of rotatable bonds is 7. The highest BCUT2D eigenvalue weighted by Crippen LogP contribution is 2.29. The molecule has 6 heteroatoms. The van der Waals surface area contributed by atoms with Crippen LogP contribution in [0.25, 0.3) is 11.4 Å². The van der Waals surface area contributed by atoms with Gasteiger partial charge in [0.15, 0.2) is 0 Å². The Morgan fingerprint density at radius 1 is 0.811 bits per heavy atom. The number of hydrogen-bond donors (Lipinski definition) is 1. The molecule has 0 spiro atoms. The third-order valence-electron chi connectivity index (χ3n) is 8.17. The Balaban J connectivity index is 1.28. The summed E-state index contributed by atoms with van der Waals surface area (Å²) in [6.45, 7) is 2.05. The van der Waals surface area contributed by atoms with Gasteiger partial charge in [0.25, 0.3) is 0 Å². The van der Waals surface area contributed by atoms with Crippen molar-refractivity contribution in [2.45, 2.75) is 122 Å². The molecule has 1 N–H and O–H groups in total. The van der Waals surface area contributed by atoms with E-state index in [-0.39, 0.29) is 11.8 Å². The molecule has 37 heavy (non-hydrogen) atoms. The molecule has 4 rings (SSSR count). The molecule has 6 nitrogen and oxygen atoms in total. The molecule has 2 heterocycles. The van der Waals surface area contributed by atoms with E-state index in [1.54, 1.807) is 6.20 Å². The number of Topliss-reactive ketones (excluding diaryl/α,β-unsaturated/α-hetero) is 1. The van der Waals surface area contributed by atoms with E-state index < -0.39 is 0 Å². The van der Waals surface area contributed by atoms with Crippen LogP contribution in [0.1, 0.15) is 120 Å². The summed E-state index contributed by atoms with van der Waals surface area (Å²) in [6, 6.07) is 3.82. The van der Waals surface area contributed by atoms with Crippen LogP contribution in [-0.4, -0.2) is 26.9 Å². The van der Waals surface area contributed by atoms with Gasteiger partial charge in [0.05, 0.1) is 23.3 Å². The number of nitrogens with zero attached hydrogens (tertiary/aromatic N) is 3. The zero-order valence-corrected chi connectivity index (χ0v) is 22.7. The number of aryl methyl sites for hydroxylation is 1. The topological polar surface area (TPSA) is 84.8 Å². The van der Waals surface area contributed by atoms with Gasteiger partial charge in [0, 0.05) is 18.8 Å². The molecule has 2 aromatic heterocycles. The van der Waals surface area contributed by atoms with E-state index in [1.165, 1.54) is 68.9 Å². The second-order valence-electron chi connectivity index (χ2n) is 11.1. The number of carbonyl (C=O) groups is 2. The summed E-state index contributed by atoms with van der Waals surface area (Å²) in [5, 5.41) is 11.9. The van der Waals surface area contributed by atoms with Crippen molar-refractivity contribution >= 4 is 17.4 Å². The van der Waals surface area contributed by atoms with Crippen LogP contribution in [0, 0.1) is 12.8 Å². The minimum absolute atomic E-state index is 0.0615. The highest BCUT2D eigenvalue weighted by molar-refractivity contribution is 5.91. The number of nitrogens with one attached hydrogen (secondary N) is 1. The summed E-state index contributed by atoms with van der Waals surface area (Å²) in [7, 11) is 0. The van der Waals surface area contributed by atoms with Gasteiger partial charge in [-0.2, -0.15) is 5.10 Å². The normalized spacial score (nSPS) is 17.8. The lowest BCUT2D eigenvalue weighted by molar-refractivity contribution is -0.123. The quantitative estimate of drug-likeness (QED) is 0.427. The van der Waals surface area contributed by atoms with Crippen molar-refractivity contribution < 1.29 is 9.59 Å². The second kappa shape index (κ2) is 14.3. The second-order valence-corrected chi connectivity index (χ2v) is 11.1. The Morgan fingerprint density at radius 3 is 2.14 bits per heavy atom. The summed E-state index contributed by atoms with van der Waals surface area (Å²) in [6.07, 6.45) is 21.0. The van der Waals surface area contributed by atoms with E-state index in [0.29, 0.717) is 30.7 Å². The van der Waals surface area contributed by atoms with Crippen molar-refractivity contribution in [2.75, 3.05) is 5.32 Å². The van der Waals surface area contributed by atoms with Gasteiger partial charge >= 0.3 is 0 Å². The molecule has 1 saturated carbocycles. The zero-order chi connectivity index (χ0) is 25.9. The molecule has 2 aromatic rings. The molecular formula is C31H44N4O2. The summed E-state index contributed by atoms with van der Waals surface area (Å²) in [5.74, 6) is 0.490. The Labute approximate surface area is 222 Å². The predicted octanol–water partition coefficient (Wildman–Crippen LogP) is 7.32. The summed E-state index contributed by atoms with van der Waals surface area (Å²) < 4.78 is 0. The monoisotopic (exact) mass is 504 g/mol. The number of pyridine rings is 1. The van der Waals surface area contributed by atoms with Crippen LogP contribution in [0.2, 0.25) is 0 Å². The SMILES string of the molecule is Cc1nnc(-c2ccc(NC(=O)CCCC(=O)C3CCCCCCCCC3)cn2)c2c1CCCCCC2. The van der Waals surface area contributed by atoms with Crippen molar-refractivity contribution in [2.24, 2.45) is 5.92 Å². The molecule has 0 bridgehead atoms. The summed E-state index contributed by atoms with van der Waals surface area (Å²) in [5.41, 5.74) is 6.01. The fourth-order valence-electron chi connectivity index (χ4n) is 5.96. The molecule has 0 atom stereocenters.